The van der Waals surface area contributed by atoms with Gasteiger partial charge >= 0.3 is 0 Å². The predicted octanol–water partition coefficient (Wildman–Crippen LogP) is 3.77. The molecule has 0 bridgehead atoms. The second-order valence-corrected chi connectivity index (χ2v) is 7.35. The van der Waals surface area contributed by atoms with Crippen molar-refractivity contribution in [2.75, 3.05) is 17.3 Å². The maximum Gasteiger partial charge on any atom is 0.270 e. The van der Waals surface area contributed by atoms with E-state index in [0.29, 0.717) is 31.9 Å². The minimum atomic E-state index is -0.232. The first kappa shape index (κ1) is 18.9. The lowest BCUT2D eigenvalue weighted by Crippen LogP contribution is -2.27. The fourth-order valence-electron chi connectivity index (χ4n) is 2.52. The second kappa shape index (κ2) is 7.81. The maximum absolute atomic E-state index is 12.8. The van der Waals surface area contributed by atoms with Crippen molar-refractivity contribution in [1.82, 2.24) is 0 Å². The molecule has 8 heteroatoms. The summed E-state index contributed by atoms with van der Waals surface area (Å²) in [6.45, 7) is 1.43. The van der Waals surface area contributed by atoms with Crippen LogP contribution in [0.5, 0.6) is 11.5 Å². The molecule has 0 saturated carbocycles. The maximum atomic E-state index is 12.8. The first-order chi connectivity index (χ1) is 12.9. The molecule has 1 aliphatic heterocycles. The lowest BCUT2D eigenvalue weighted by molar-refractivity contribution is -0.114. The van der Waals surface area contributed by atoms with E-state index in [-0.39, 0.29) is 17.6 Å². The second-order valence-electron chi connectivity index (χ2n) is 5.68. The van der Waals surface area contributed by atoms with Crippen molar-refractivity contribution in [3.05, 3.63) is 52.9 Å². The fraction of sp³-hybridized carbons (Fsp3) is 0.105. The molecule has 0 unspecified atom stereocenters. The average Bonchev–Trinajstić information content (AvgIpc) is 2.90. The molecule has 1 saturated heterocycles. The van der Waals surface area contributed by atoms with Gasteiger partial charge in [0.05, 0.1) is 17.7 Å². The summed E-state index contributed by atoms with van der Waals surface area (Å²) in [5, 5.41) is 12.4. The summed E-state index contributed by atoms with van der Waals surface area (Å²) in [6.07, 6.45) is 1.70. The van der Waals surface area contributed by atoms with Gasteiger partial charge in [-0.15, -0.1) is 0 Å². The van der Waals surface area contributed by atoms with E-state index in [1.54, 1.807) is 42.5 Å². The molecule has 2 amide bonds. The Morgan fingerprint density at radius 2 is 1.96 bits per heavy atom. The zero-order chi connectivity index (χ0) is 19.6. The van der Waals surface area contributed by atoms with E-state index in [2.05, 4.69) is 5.32 Å². The van der Waals surface area contributed by atoms with Crippen LogP contribution in [-0.4, -0.2) is 28.4 Å². The quantitative estimate of drug-likeness (QED) is 0.601. The first-order valence-electron chi connectivity index (χ1n) is 7.91. The van der Waals surface area contributed by atoms with E-state index in [0.717, 1.165) is 0 Å². The highest BCUT2D eigenvalue weighted by Crippen LogP contribution is 2.37. The number of ether oxygens (including phenoxy) is 1. The molecule has 0 spiro atoms. The molecular formula is C19H16N2O4S2. The highest BCUT2D eigenvalue weighted by Gasteiger charge is 2.33. The third-order valence-corrected chi connectivity index (χ3v) is 5.04. The number of thioether (sulfide) groups is 1. The number of hydrogen-bond acceptors (Lipinski definition) is 6. The number of thiocarbonyl (C=S) groups is 1. The number of nitrogens with zero attached hydrogens (tertiary/aromatic N) is 1. The molecule has 1 aliphatic rings. The molecule has 0 aliphatic carbocycles. The topological polar surface area (TPSA) is 78.9 Å². The summed E-state index contributed by atoms with van der Waals surface area (Å²) >= 11 is 6.56. The Morgan fingerprint density at radius 1 is 1.26 bits per heavy atom. The van der Waals surface area contributed by atoms with Crippen LogP contribution in [0.3, 0.4) is 0 Å². The zero-order valence-corrected chi connectivity index (χ0v) is 16.2. The molecule has 2 aromatic carbocycles. The number of phenols is 1. The smallest absolute Gasteiger partial charge is 0.270 e. The van der Waals surface area contributed by atoms with Gasteiger partial charge in [0.1, 0.15) is 0 Å². The van der Waals surface area contributed by atoms with Crippen LogP contribution >= 0.6 is 24.0 Å². The Balaban J connectivity index is 1.85. The summed E-state index contributed by atoms with van der Waals surface area (Å²) < 4.78 is 5.51. The number of benzene rings is 2. The van der Waals surface area contributed by atoms with Crippen molar-refractivity contribution in [2.24, 2.45) is 0 Å². The van der Waals surface area contributed by atoms with E-state index in [1.807, 2.05) is 0 Å². The third kappa shape index (κ3) is 4.12. The fourth-order valence-corrected chi connectivity index (χ4v) is 3.82. The van der Waals surface area contributed by atoms with Crippen molar-refractivity contribution >= 4 is 57.6 Å². The molecular weight excluding hydrogens is 384 g/mol. The molecule has 2 aromatic rings. The Bertz CT molecular complexity index is 955. The van der Waals surface area contributed by atoms with Gasteiger partial charge in [-0.1, -0.05) is 30.0 Å². The van der Waals surface area contributed by atoms with E-state index in [4.69, 9.17) is 17.0 Å². The molecule has 1 heterocycles. The molecule has 0 aromatic heterocycles. The Labute approximate surface area is 165 Å². The summed E-state index contributed by atoms with van der Waals surface area (Å²) in [7, 11) is 1.46. The van der Waals surface area contributed by atoms with Gasteiger partial charge in [0.2, 0.25) is 5.91 Å². The average molecular weight is 400 g/mol. The number of methoxy groups -OCH3 is 1. The summed E-state index contributed by atoms with van der Waals surface area (Å²) in [5.74, 6) is -0.0424. The number of phenolic OH excluding ortho intramolecular Hbond substituents is 1. The number of rotatable bonds is 4. The summed E-state index contributed by atoms with van der Waals surface area (Å²) in [5.41, 5.74) is 1.98. The molecule has 0 atom stereocenters. The van der Waals surface area contributed by atoms with Crippen molar-refractivity contribution < 1.29 is 19.4 Å². The van der Waals surface area contributed by atoms with Crippen LogP contribution < -0.4 is 15.0 Å². The number of nitrogens with one attached hydrogen (secondary N) is 1. The Kier molecular flexibility index (Phi) is 5.48. The highest BCUT2D eigenvalue weighted by molar-refractivity contribution is 8.27. The van der Waals surface area contributed by atoms with Gasteiger partial charge in [-0.05, 0) is 48.0 Å². The number of carbonyl (C=O) groups is 2. The summed E-state index contributed by atoms with van der Waals surface area (Å²) in [6, 6.07) is 11.7. The van der Waals surface area contributed by atoms with Crippen molar-refractivity contribution in [1.29, 1.82) is 0 Å². The van der Waals surface area contributed by atoms with Crippen LogP contribution in [0.25, 0.3) is 6.08 Å². The van der Waals surface area contributed by atoms with Crippen LogP contribution in [0.2, 0.25) is 0 Å². The molecule has 27 heavy (non-hydrogen) atoms. The largest absolute Gasteiger partial charge is 0.504 e. The van der Waals surface area contributed by atoms with Crippen molar-refractivity contribution in [3.63, 3.8) is 0 Å². The lowest BCUT2D eigenvalue weighted by Gasteiger charge is -2.15. The van der Waals surface area contributed by atoms with Crippen LogP contribution in [-0.2, 0) is 9.59 Å². The molecule has 0 radical (unpaired) electrons. The number of carbonyl (C=O) groups excluding carboxylic acids is 2. The first-order valence-corrected chi connectivity index (χ1v) is 9.14. The third-order valence-electron chi connectivity index (χ3n) is 3.74. The molecule has 1 fully saturated rings. The number of anilines is 2. The number of amides is 2. The van der Waals surface area contributed by atoms with Gasteiger partial charge in [0.15, 0.2) is 15.8 Å². The molecule has 3 rings (SSSR count). The standard InChI is InChI=1S/C19H16N2O4S2/c1-11(22)20-13-4-6-14(7-5-13)21-18(24)17(27-19(21)26)10-12-3-8-15(23)16(9-12)25-2/h3-10,23H,1-2H3,(H,20,22). The highest BCUT2D eigenvalue weighted by atomic mass is 32.2. The van der Waals surface area contributed by atoms with Crippen LogP contribution in [0.4, 0.5) is 11.4 Å². The minimum absolute atomic E-state index is 0.0291. The zero-order valence-electron chi connectivity index (χ0n) is 14.6. The van der Waals surface area contributed by atoms with Crippen molar-refractivity contribution in [2.45, 2.75) is 6.92 Å². The minimum Gasteiger partial charge on any atom is -0.504 e. The van der Waals surface area contributed by atoms with Gasteiger partial charge in [-0.3, -0.25) is 14.5 Å². The Morgan fingerprint density at radius 3 is 2.59 bits per heavy atom. The van der Waals surface area contributed by atoms with Gasteiger partial charge in [0.25, 0.3) is 5.91 Å². The van der Waals surface area contributed by atoms with Crippen LogP contribution in [0, 0.1) is 0 Å². The van der Waals surface area contributed by atoms with Gasteiger partial charge in [-0.2, -0.15) is 0 Å². The lowest BCUT2D eigenvalue weighted by atomic mass is 10.2. The van der Waals surface area contributed by atoms with Gasteiger partial charge in [0, 0.05) is 12.6 Å². The van der Waals surface area contributed by atoms with Crippen LogP contribution in [0.1, 0.15) is 12.5 Å². The van der Waals surface area contributed by atoms with Crippen molar-refractivity contribution in [3.8, 4) is 11.5 Å². The van der Waals surface area contributed by atoms with Crippen LogP contribution in [0.15, 0.2) is 47.4 Å². The number of aromatic hydroxyl groups is 1. The number of hydrogen-bond donors (Lipinski definition) is 2. The predicted molar refractivity (Wildman–Crippen MR) is 111 cm³/mol. The monoisotopic (exact) mass is 400 g/mol. The molecule has 2 N–H and O–H groups in total. The van der Waals surface area contributed by atoms with Gasteiger partial charge < -0.3 is 15.2 Å². The van der Waals surface area contributed by atoms with E-state index in [9.17, 15) is 14.7 Å². The summed E-state index contributed by atoms with van der Waals surface area (Å²) in [4.78, 5) is 25.8. The van der Waals surface area contributed by atoms with E-state index in [1.165, 1.54) is 36.8 Å². The SMILES string of the molecule is COc1cc(C=C2SC(=S)N(c3ccc(NC(C)=O)cc3)C2=O)ccc1O. The molecule has 6 nitrogen and oxygen atoms in total. The van der Waals surface area contributed by atoms with E-state index >= 15 is 0 Å². The van der Waals surface area contributed by atoms with Gasteiger partial charge in [-0.25, -0.2) is 0 Å². The Hall–Kier alpha value is -2.84. The normalized spacial score (nSPS) is 15.3. The molecule has 138 valence electrons. The van der Waals surface area contributed by atoms with E-state index < -0.39 is 0 Å².